The van der Waals surface area contributed by atoms with Crippen LogP contribution in [0.1, 0.15) is 5.56 Å². The van der Waals surface area contributed by atoms with Crippen LogP contribution in [0.3, 0.4) is 0 Å². The maximum absolute atomic E-state index is 11.3. The summed E-state index contributed by atoms with van der Waals surface area (Å²) in [5, 5.41) is 0. The number of carbonyl (C=O) groups is 1. The van der Waals surface area contributed by atoms with Crippen LogP contribution in [0.25, 0.3) is 5.57 Å². The van der Waals surface area contributed by atoms with E-state index in [4.69, 9.17) is 4.74 Å². The summed E-state index contributed by atoms with van der Waals surface area (Å²) in [6.45, 7) is 0.296. The quantitative estimate of drug-likeness (QED) is 0.797. The van der Waals surface area contributed by atoms with E-state index in [1.807, 2.05) is 34.4 Å². The molecule has 3 nitrogen and oxygen atoms in total. The number of amides is 1. The molecule has 0 N–H and O–H groups in total. The molecule has 0 bridgehead atoms. The van der Waals surface area contributed by atoms with E-state index < -0.39 is 0 Å². The lowest BCUT2D eigenvalue weighted by molar-refractivity contribution is 0.131. The van der Waals surface area contributed by atoms with Crippen molar-refractivity contribution in [2.75, 3.05) is 20.7 Å². The van der Waals surface area contributed by atoms with Crippen LogP contribution in [0.15, 0.2) is 34.4 Å². The Morgan fingerprint density at radius 2 is 2.00 bits per heavy atom. The van der Waals surface area contributed by atoms with Crippen LogP contribution in [-0.2, 0) is 4.74 Å². The minimum atomic E-state index is -0.327. The Labute approximate surface area is 109 Å². The first-order valence-electron chi connectivity index (χ1n) is 4.84. The van der Waals surface area contributed by atoms with Crippen molar-refractivity contribution in [2.24, 2.45) is 0 Å². The average Bonchev–Trinajstić information content (AvgIpc) is 2.30. The molecule has 0 fully saturated rings. The van der Waals surface area contributed by atoms with Gasteiger partial charge in [-0.15, -0.1) is 0 Å². The molecule has 4 heteroatoms. The Balaban J connectivity index is 2.62. The lowest BCUT2D eigenvalue weighted by atomic mass is 10.1. The van der Waals surface area contributed by atoms with E-state index in [1.165, 1.54) is 4.90 Å². The monoisotopic (exact) mass is 331 g/mol. The molecule has 0 spiro atoms. The summed E-state index contributed by atoms with van der Waals surface area (Å²) in [6, 6.07) is 9.87. The largest absolute Gasteiger partial charge is 0.445 e. The van der Waals surface area contributed by atoms with Gasteiger partial charge in [0.05, 0.1) is 0 Å². The van der Waals surface area contributed by atoms with E-state index in [9.17, 15) is 4.79 Å². The van der Waals surface area contributed by atoms with Gasteiger partial charge < -0.3 is 9.64 Å². The number of nitrogens with zero attached hydrogens (tertiary/aromatic N) is 1. The second-order valence-electron chi connectivity index (χ2n) is 3.45. The van der Waals surface area contributed by atoms with E-state index >= 15 is 0 Å². The lowest BCUT2D eigenvalue weighted by Crippen LogP contribution is -2.23. The number of hydrogen-bond acceptors (Lipinski definition) is 2. The average molecular weight is 331 g/mol. The number of halogens is 1. The number of carbonyl (C=O) groups excluding carboxylic acids is 1. The van der Waals surface area contributed by atoms with Crippen LogP contribution >= 0.6 is 22.6 Å². The van der Waals surface area contributed by atoms with Crippen molar-refractivity contribution in [1.29, 1.82) is 0 Å². The highest BCUT2D eigenvalue weighted by atomic mass is 127. The van der Waals surface area contributed by atoms with Gasteiger partial charge in [0.25, 0.3) is 0 Å². The molecule has 86 valence electrons. The Hall–Kier alpha value is -1.04. The third kappa shape index (κ3) is 3.84. The number of ether oxygens (including phenoxy) is 1. The molecule has 0 aliphatic carbocycles. The topological polar surface area (TPSA) is 29.5 Å². The molecule has 0 saturated carbocycles. The Kier molecular flexibility index (Phi) is 5.31. The van der Waals surface area contributed by atoms with Crippen molar-refractivity contribution in [3.63, 3.8) is 0 Å². The van der Waals surface area contributed by atoms with Crippen LogP contribution in [0.5, 0.6) is 0 Å². The summed E-state index contributed by atoms with van der Waals surface area (Å²) in [5.41, 5.74) is 2.07. The van der Waals surface area contributed by atoms with Gasteiger partial charge in [-0.3, -0.25) is 0 Å². The zero-order chi connectivity index (χ0) is 12.0. The Morgan fingerprint density at radius 3 is 2.50 bits per heavy atom. The fraction of sp³-hybridized carbons (Fsp3) is 0.250. The molecule has 0 aromatic heterocycles. The minimum absolute atomic E-state index is 0.296. The highest BCUT2D eigenvalue weighted by molar-refractivity contribution is 14.1. The van der Waals surface area contributed by atoms with Gasteiger partial charge in [0, 0.05) is 19.7 Å². The zero-order valence-corrected chi connectivity index (χ0v) is 11.5. The van der Waals surface area contributed by atoms with E-state index in [0.29, 0.717) is 6.61 Å². The molecule has 0 atom stereocenters. The summed E-state index contributed by atoms with van der Waals surface area (Å²) >= 11 is 2.15. The van der Waals surface area contributed by atoms with Gasteiger partial charge in [-0.1, -0.05) is 52.9 Å². The summed E-state index contributed by atoms with van der Waals surface area (Å²) in [7, 11) is 3.33. The van der Waals surface area contributed by atoms with Crippen molar-refractivity contribution < 1.29 is 9.53 Å². The maximum atomic E-state index is 11.3. The second kappa shape index (κ2) is 6.52. The van der Waals surface area contributed by atoms with Crippen LogP contribution in [0, 0.1) is 0 Å². The normalized spacial score (nSPS) is 11.1. The first-order valence-corrected chi connectivity index (χ1v) is 6.08. The zero-order valence-electron chi connectivity index (χ0n) is 9.31. The van der Waals surface area contributed by atoms with E-state index in [2.05, 4.69) is 22.6 Å². The third-order valence-electron chi connectivity index (χ3n) is 1.99. The smallest absolute Gasteiger partial charge is 0.409 e. The van der Waals surface area contributed by atoms with Gasteiger partial charge in [0.2, 0.25) is 0 Å². The molecule has 0 saturated heterocycles. The van der Waals surface area contributed by atoms with E-state index in [-0.39, 0.29) is 6.09 Å². The van der Waals surface area contributed by atoms with Crippen molar-refractivity contribution in [2.45, 2.75) is 0 Å². The van der Waals surface area contributed by atoms with Crippen molar-refractivity contribution in [3.8, 4) is 0 Å². The number of rotatable bonds is 3. The Bertz CT molecular complexity index is 374. The van der Waals surface area contributed by atoms with Crippen LogP contribution in [0.2, 0.25) is 0 Å². The van der Waals surface area contributed by atoms with Gasteiger partial charge in [0.15, 0.2) is 0 Å². The summed E-state index contributed by atoms with van der Waals surface area (Å²) < 4.78 is 7.05. The molecule has 1 rings (SSSR count). The molecule has 16 heavy (non-hydrogen) atoms. The number of benzene rings is 1. The van der Waals surface area contributed by atoms with Crippen molar-refractivity contribution in [3.05, 3.63) is 40.0 Å². The van der Waals surface area contributed by atoms with Crippen LogP contribution in [-0.4, -0.2) is 31.7 Å². The fourth-order valence-corrected chi connectivity index (χ4v) is 1.64. The van der Waals surface area contributed by atoms with Gasteiger partial charge in [0.1, 0.15) is 6.61 Å². The SMILES string of the molecule is CN(C)C(=O)OCC(=CI)c1ccccc1. The Morgan fingerprint density at radius 1 is 1.38 bits per heavy atom. The molecule has 0 heterocycles. The van der Waals surface area contributed by atoms with Gasteiger partial charge in [-0.25, -0.2) is 4.79 Å². The predicted molar refractivity (Wildman–Crippen MR) is 73.5 cm³/mol. The summed E-state index contributed by atoms with van der Waals surface area (Å²) in [6.07, 6.45) is -0.327. The molecular formula is C12H14INO2. The van der Waals surface area contributed by atoms with Crippen LogP contribution < -0.4 is 0 Å². The second-order valence-corrected chi connectivity index (χ2v) is 4.07. The molecule has 0 aliphatic heterocycles. The third-order valence-corrected chi connectivity index (χ3v) is 2.74. The van der Waals surface area contributed by atoms with Crippen molar-refractivity contribution in [1.82, 2.24) is 4.90 Å². The maximum Gasteiger partial charge on any atom is 0.409 e. The molecule has 0 radical (unpaired) electrons. The highest BCUT2D eigenvalue weighted by Gasteiger charge is 2.07. The van der Waals surface area contributed by atoms with Crippen LogP contribution in [0.4, 0.5) is 4.79 Å². The highest BCUT2D eigenvalue weighted by Crippen LogP contribution is 2.16. The molecule has 1 aromatic carbocycles. The van der Waals surface area contributed by atoms with E-state index in [0.717, 1.165) is 11.1 Å². The molecule has 0 unspecified atom stereocenters. The predicted octanol–water partition coefficient (Wildman–Crippen LogP) is 3.16. The molecular weight excluding hydrogens is 317 g/mol. The fourth-order valence-electron chi connectivity index (χ4n) is 1.10. The minimum Gasteiger partial charge on any atom is -0.445 e. The lowest BCUT2D eigenvalue weighted by Gasteiger charge is -2.12. The van der Waals surface area contributed by atoms with E-state index in [1.54, 1.807) is 14.1 Å². The standard InChI is InChI=1S/C12H14INO2/c1-14(2)12(15)16-9-11(8-13)10-6-4-3-5-7-10/h3-8H,9H2,1-2H3. The summed E-state index contributed by atoms with van der Waals surface area (Å²) in [5.74, 6) is 0. The molecule has 1 aromatic rings. The van der Waals surface area contributed by atoms with Gasteiger partial charge in [-0.05, 0) is 9.65 Å². The summed E-state index contributed by atoms with van der Waals surface area (Å²) in [4.78, 5) is 12.7. The van der Waals surface area contributed by atoms with Gasteiger partial charge >= 0.3 is 6.09 Å². The molecule has 1 amide bonds. The first kappa shape index (κ1) is 13.0. The van der Waals surface area contributed by atoms with Gasteiger partial charge in [-0.2, -0.15) is 0 Å². The number of hydrogen-bond donors (Lipinski definition) is 0. The molecule has 0 aliphatic rings. The first-order chi connectivity index (χ1) is 7.65. The van der Waals surface area contributed by atoms with Crippen molar-refractivity contribution >= 4 is 34.3 Å².